The molecule has 0 atom stereocenters. The van der Waals surface area contributed by atoms with Crippen molar-refractivity contribution in [3.8, 4) is 11.5 Å². The number of rotatable bonds is 10. The van der Waals surface area contributed by atoms with E-state index < -0.39 is 0 Å². The van der Waals surface area contributed by atoms with Gasteiger partial charge in [0.1, 0.15) is 17.4 Å². The second-order valence-electron chi connectivity index (χ2n) is 8.99. The van der Waals surface area contributed by atoms with Gasteiger partial charge in [0.25, 0.3) is 5.56 Å². The molecule has 0 saturated carbocycles. The summed E-state index contributed by atoms with van der Waals surface area (Å²) in [5.41, 5.74) is 2.61. The highest BCUT2D eigenvalue weighted by atomic mass is 19.1. The third-order valence-electron chi connectivity index (χ3n) is 5.89. The van der Waals surface area contributed by atoms with E-state index in [9.17, 15) is 9.18 Å². The molecular formula is C29H39FN4O2. The van der Waals surface area contributed by atoms with Gasteiger partial charge in [0.05, 0.1) is 0 Å². The Labute approximate surface area is 213 Å². The maximum atomic E-state index is 13.6. The fourth-order valence-electron chi connectivity index (χ4n) is 3.40. The van der Waals surface area contributed by atoms with Crippen molar-refractivity contribution in [3.05, 3.63) is 80.0 Å². The van der Waals surface area contributed by atoms with Crippen LogP contribution in [0.4, 0.5) is 4.39 Å². The summed E-state index contributed by atoms with van der Waals surface area (Å²) >= 11 is 0. The van der Waals surface area contributed by atoms with Crippen LogP contribution in [0.2, 0.25) is 0 Å². The summed E-state index contributed by atoms with van der Waals surface area (Å²) in [6.07, 6.45) is 8.37. The number of ether oxygens (including phenoxy) is 1. The van der Waals surface area contributed by atoms with Gasteiger partial charge in [-0.15, -0.1) is 0 Å². The van der Waals surface area contributed by atoms with Crippen LogP contribution in [-0.4, -0.2) is 35.9 Å². The zero-order valence-electron chi connectivity index (χ0n) is 22.6. The smallest absolute Gasteiger partial charge is 0.293 e. The fraction of sp³-hybridized carbons (Fsp3) is 0.379. The highest BCUT2D eigenvalue weighted by Gasteiger charge is 2.10. The summed E-state index contributed by atoms with van der Waals surface area (Å²) in [6.45, 7) is 13.0. The molecule has 0 aliphatic carbocycles. The van der Waals surface area contributed by atoms with Crippen molar-refractivity contribution in [1.82, 2.24) is 14.8 Å². The minimum Gasteiger partial charge on any atom is -0.451 e. The van der Waals surface area contributed by atoms with Gasteiger partial charge in [0.15, 0.2) is 5.75 Å². The molecule has 2 aromatic rings. The largest absolute Gasteiger partial charge is 0.451 e. The number of aromatic nitrogens is 1. The molecule has 0 aliphatic heterocycles. The molecule has 36 heavy (non-hydrogen) atoms. The fourth-order valence-corrected chi connectivity index (χ4v) is 3.40. The summed E-state index contributed by atoms with van der Waals surface area (Å²) in [5, 5.41) is 4.55. The second-order valence-corrected chi connectivity index (χ2v) is 8.99. The molecule has 0 spiro atoms. The topological polar surface area (TPSA) is 58.9 Å². The van der Waals surface area contributed by atoms with E-state index in [1.807, 2.05) is 13.8 Å². The Bertz CT molecular complexity index is 1320. The number of benzene rings is 1. The Morgan fingerprint density at radius 3 is 2.58 bits per heavy atom. The molecule has 0 amide bonds. The van der Waals surface area contributed by atoms with Crippen molar-refractivity contribution in [2.45, 2.75) is 47.0 Å². The van der Waals surface area contributed by atoms with Crippen LogP contribution < -0.4 is 26.2 Å². The number of hydrogen-bond acceptors (Lipinski definition) is 4. The van der Waals surface area contributed by atoms with E-state index in [0.29, 0.717) is 34.1 Å². The van der Waals surface area contributed by atoms with Crippen LogP contribution in [0.1, 0.15) is 46.1 Å². The predicted octanol–water partition coefficient (Wildman–Crippen LogP) is 4.23. The molecule has 0 saturated heterocycles. The third kappa shape index (κ3) is 8.05. The van der Waals surface area contributed by atoms with Gasteiger partial charge in [-0.3, -0.25) is 4.79 Å². The first kappa shape index (κ1) is 28.8. The number of pyridine rings is 1. The van der Waals surface area contributed by atoms with E-state index in [4.69, 9.17) is 4.74 Å². The standard InChI is InChI=1S/C29H39FN4O2/c1-9-20(3)26(13-11-12-16-33(6)7)32-22(5)31-19-24-18-28(29(35)34(8)21(24)4)36-27-15-14-25(30)17-23(27)10-2/h11,13-15,17-19H,4,9-10,12,16H2,1-3,5-8H3,(H,31,32)/b13-11-,24-19-,26-20-. The summed E-state index contributed by atoms with van der Waals surface area (Å²) in [4.78, 5) is 19.5. The predicted molar refractivity (Wildman–Crippen MR) is 148 cm³/mol. The molecule has 1 aromatic carbocycles. The average molecular weight is 495 g/mol. The van der Waals surface area contributed by atoms with Crippen LogP contribution in [0.3, 0.4) is 0 Å². The van der Waals surface area contributed by atoms with Gasteiger partial charge in [-0.2, -0.15) is 0 Å². The number of amidine groups is 1. The van der Waals surface area contributed by atoms with Crippen molar-refractivity contribution in [3.63, 3.8) is 0 Å². The molecule has 1 aromatic heterocycles. The maximum absolute atomic E-state index is 13.6. The minimum atomic E-state index is -0.342. The lowest BCUT2D eigenvalue weighted by atomic mass is 10.1. The molecule has 0 fully saturated rings. The van der Waals surface area contributed by atoms with E-state index >= 15 is 0 Å². The van der Waals surface area contributed by atoms with Gasteiger partial charge >= 0.3 is 0 Å². The Morgan fingerprint density at radius 1 is 1.22 bits per heavy atom. The molecule has 7 heteroatoms. The average Bonchev–Trinajstić information content (AvgIpc) is 2.85. The number of aryl methyl sites for hydroxylation is 1. The first-order valence-electron chi connectivity index (χ1n) is 12.2. The lowest BCUT2D eigenvalue weighted by Gasteiger charge is -2.12. The second kappa shape index (κ2) is 13.6. The summed E-state index contributed by atoms with van der Waals surface area (Å²) in [7, 11) is 5.75. The monoisotopic (exact) mass is 494 g/mol. The molecule has 0 bridgehead atoms. The quantitative estimate of drug-likeness (QED) is 0.305. The zero-order valence-corrected chi connectivity index (χ0v) is 22.6. The molecule has 0 radical (unpaired) electrons. The molecule has 2 rings (SSSR count). The van der Waals surface area contributed by atoms with E-state index in [2.05, 4.69) is 61.9 Å². The van der Waals surface area contributed by atoms with Gasteiger partial charge in [-0.25, -0.2) is 9.38 Å². The SMILES string of the molecule is C=c1/c(=C\N=C(/C)NC(/C=C\CCN(C)C)=C(/C)CC)cc(Oc2ccc(F)cc2CC)c(=O)n1C. The number of hydrogen-bond donors (Lipinski definition) is 1. The van der Waals surface area contributed by atoms with Gasteiger partial charge in [0, 0.05) is 36.1 Å². The lowest BCUT2D eigenvalue weighted by molar-refractivity contribution is 0.417. The van der Waals surface area contributed by atoms with Crippen molar-refractivity contribution in [2.24, 2.45) is 12.0 Å². The van der Waals surface area contributed by atoms with Gasteiger partial charge in [0.2, 0.25) is 0 Å². The third-order valence-corrected chi connectivity index (χ3v) is 5.89. The molecule has 1 heterocycles. The van der Waals surface area contributed by atoms with Crippen LogP contribution >= 0.6 is 0 Å². The van der Waals surface area contributed by atoms with Gasteiger partial charge in [-0.1, -0.05) is 32.1 Å². The molecule has 0 unspecified atom stereocenters. The normalized spacial score (nSPS) is 13.5. The first-order chi connectivity index (χ1) is 17.1. The van der Waals surface area contributed by atoms with Crippen LogP contribution in [0.5, 0.6) is 11.5 Å². The van der Waals surface area contributed by atoms with Crippen molar-refractivity contribution in [1.29, 1.82) is 0 Å². The highest BCUT2D eigenvalue weighted by molar-refractivity contribution is 5.83. The van der Waals surface area contributed by atoms with E-state index in [0.717, 1.165) is 25.1 Å². The van der Waals surface area contributed by atoms with Crippen LogP contribution in [0.15, 0.2) is 57.5 Å². The van der Waals surface area contributed by atoms with Crippen LogP contribution in [0, 0.1) is 5.82 Å². The molecule has 194 valence electrons. The Balaban J connectivity index is 2.39. The highest BCUT2D eigenvalue weighted by Crippen LogP contribution is 2.24. The van der Waals surface area contributed by atoms with E-state index in [-0.39, 0.29) is 17.1 Å². The Morgan fingerprint density at radius 2 is 1.94 bits per heavy atom. The number of nitrogens with zero attached hydrogens (tertiary/aromatic N) is 3. The van der Waals surface area contributed by atoms with Gasteiger partial charge < -0.3 is 19.5 Å². The minimum absolute atomic E-state index is 0.129. The van der Waals surface area contributed by atoms with E-state index in [1.165, 1.54) is 28.3 Å². The maximum Gasteiger partial charge on any atom is 0.293 e. The summed E-state index contributed by atoms with van der Waals surface area (Å²) in [5.74, 6) is 0.943. The number of nitrogens with one attached hydrogen (secondary N) is 1. The number of aliphatic imine (C=N–C) groups is 1. The Hall–Kier alpha value is -3.45. The van der Waals surface area contributed by atoms with Gasteiger partial charge in [-0.05, 0) is 83.1 Å². The lowest BCUT2D eigenvalue weighted by Crippen LogP contribution is -2.40. The number of allylic oxidation sites excluding steroid dienone is 2. The summed E-state index contributed by atoms with van der Waals surface area (Å²) in [6, 6.07) is 5.90. The van der Waals surface area contributed by atoms with Crippen LogP contribution in [-0.2, 0) is 13.5 Å². The van der Waals surface area contributed by atoms with Crippen molar-refractivity contribution < 1.29 is 9.13 Å². The molecule has 0 aliphatic rings. The first-order valence-corrected chi connectivity index (χ1v) is 12.2. The van der Waals surface area contributed by atoms with Crippen molar-refractivity contribution >= 4 is 18.6 Å². The number of halogens is 1. The molecular weight excluding hydrogens is 455 g/mol. The van der Waals surface area contributed by atoms with Crippen molar-refractivity contribution in [2.75, 3.05) is 20.6 Å². The molecule has 1 N–H and O–H groups in total. The van der Waals surface area contributed by atoms with Crippen LogP contribution in [0.25, 0.3) is 12.8 Å². The zero-order chi connectivity index (χ0) is 26.8. The van der Waals surface area contributed by atoms with E-state index in [1.54, 1.807) is 19.3 Å². The summed E-state index contributed by atoms with van der Waals surface area (Å²) < 4.78 is 21.0. The Kier molecular flexibility index (Phi) is 10.9. The molecule has 6 nitrogen and oxygen atoms in total.